The minimum Gasteiger partial charge on any atom is -0.510 e. The average molecular weight is 1190 g/mol. The molecule has 0 saturated heterocycles. The summed E-state index contributed by atoms with van der Waals surface area (Å²) in [6.45, 7) is 14.3. The van der Waals surface area contributed by atoms with E-state index in [0.29, 0.717) is 66.7 Å². The van der Waals surface area contributed by atoms with Crippen molar-refractivity contribution in [3.8, 4) is 56.6 Å². The van der Waals surface area contributed by atoms with Gasteiger partial charge in [-0.05, 0) is 103 Å². The van der Waals surface area contributed by atoms with Gasteiger partial charge in [0, 0.05) is 57.8 Å². The number of pyridine rings is 1. The van der Waals surface area contributed by atoms with E-state index in [2.05, 4.69) is 78.2 Å². The fourth-order valence-corrected chi connectivity index (χ4v) is 10.2. The van der Waals surface area contributed by atoms with Crippen molar-refractivity contribution in [3.63, 3.8) is 0 Å². The molecule has 0 bridgehead atoms. The number of rotatable bonds is 9. The molecular weight excluding hydrogens is 1120 g/mol. The zero-order valence-corrected chi connectivity index (χ0v) is 45.4. The Kier molecular flexibility index (Phi) is 8.83. The van der Waals surface area contributed by atoms with Crippen LogP contribution >= 0.6 is 0 Å². The van der Waals surface area contributed by atoms with Gasteiger partial charge in [0.25, 0.3) is 6.33 Å². The van der Waals surface area contributed by atoms with Crippen molar-refractivity contribution in [1.82, 2.24) is 18.7 Å². The van der Waals surface area contributed by atoms with Crippen molar-refractivity contribution >= 4 is 54.6 Å². The number of ether oxygens (including phenoxy) is 1. The first kappa shape index (κ1) is 35.1. The van der Waals surface area contributed by atoms with Crippen LogP contribution in [0.2, 0.25) is 0 Å². The van der Waals surface area contributed by atoms with Gasteiger partial charge in [0.05, 0.1) is 45.6 Å². The second-order valence-electron chi connectivity index (χ2n) is 20.8. The van der Waals surface area contributed by atoms with Gasteiger partial charge in [-0.25, -0.2) is 4.98 Å². The maximum atomic E-state index is 9.49. The van der Waals surface area contributed by atoms with E-state index in [-0.39, 0.29) is 88.5 Å². The van der Waals surface area contributed by atoms with E-state index in [1.165, 1.54) is 17.7 Å². The number of fused-ring (bicyclic) bond motifs is 7. The predicted octanol–water partition coefficient (Wildman–Crippen LogP) is 17.2. The molecule has 0 spiro atoms. The molecule has 13 rings (SSSR count). The monoisotopic (exact) mass is 1190 g/mol. The van der Waals surface area contributed by atoms with Gasteiger partial charge in [-0.15, -0.1) is 24.3 Å². The zero-order valence-electron chi connectivity index (χ0n) is 58.1. The summed E-state index contributed by atoms with van der Waals surface area (Å²) in [5.41, 5.74) is 6.86. The molecule has 0 amide bonds. The fraction of sp³-hybridized carbons (Fsp3) is 0.143. The fourth-order valence-electron chi connectivity index (χ4n) is 10.2. The molecule has 9 aromatic carbocycles. The molecule has 13 aromatic rings. The third-order valence-corrected chi connectivity index (χ3v) is 14.0. The number of benzene rings is 9. The van der Waals surface area contributed by atoms with E-state index >= 15 is 0 Å². The Hall–Kier alpha value is -8.31. The van der Waals surface area contributed by atoms with Crippen molar-refractivity contribution in [2.75, 3.05) is 0 Å². The van der Waals surface area contributed by atoms with Crippen LogP contribution in [0, 0.1) is 18.5 Å². The molecule has 0 N–H and O–H groups in total. The first-order valence-electron chi connectivity index (χ1n) is 32.5. The van der Waals surface area contributed by atoms with E-state index in [9.17, 15) is 8.22 Å². The van der Waals surface area contributed by atoms with Crippen molar-refractivity contribution in [3.05, 3.63) is 241 Å². The Balaban J connectivity index is 0.00000816. The average Bonchev–Trinajstić information content (AvgIpc) is 1.20. The molecular formula is C70H57N5OPt-2. The van der Waals surface area contributed by atoms with Crippen LogP contribution in [0.5, 0.6) is 11.5 Å². The van der Waals surface area contributed by atoms with Gasteiger partial charge in [0.1, 0.15) is 5.82 Å². The van der Waals surface area contributed by atoms with Crippen LogP contribution in [0.1, 0.15) is 85.7 Å². The van der Waals surface area contributed by atoms with E-state index in [1.54, 1.807) is 45.5 Å². The molecule has 0 unspecified atom stereocenters. The van der Waals surface area contributed by atoms with Crippen LogP contribution in [0.25, 0.3) is 99.8 Å². The maximum absolute atomic E-state index is 9.49. The summed E-state index contributed by atoms with van der Waals surface area (Å²) in [5.74, 6) is 0.475. The van der Waals surface area contributed by atoms with Gasteiger partial charge in [-0.3, -0.25) is 4.57 Å². The van der Waals surface area contributed by atoms with Crippen LogP contribution in [-0.4, -0.2) is 18.7 Å². The molecule has 0 atom stereocenters. The van der Waals surface area contributed by atoms with Crippen molar-refractivity contribution in [1.29, 1.82) is 0 Å². The third-order valence-electron chi connectivity index (χ3n) is 14.0. The number of hydrogen-bond acceptors (Lipinski definition) is 2. The summed E-state index contributed by atoms with van der Waals surface area (Å²) in [4.78, 5) is 4.75. The maximum Gasteiger partial charge on any atom is 0.268 e. The third kappa shape index (κ3) is 8.66. The second kappa shape index (κ2) is 19.4. The molecule has 0 fully saturated rings. The number of aryl methyl sites for hydroxylation is 1. The Morgan fingerprint density at radius 2 is 1.22 bits per heavy atom. The number of hydrogen-bond donors (Lipinski definition) is 0. The quantitative estimate of drug-likeness (QED) is 0.107. The van der Waals surface area contributed by atoms with Gasteiger partial charge < -0.3 is 18.4 Å². The molecule has 77 heavy (non-hydrogen) atoms. The van der Waals surface area contributed by atoms with Crippen LogP contribution < -0.4 is 9.30 Å². The summed E-state index contributed by atoms with van der Waals surface area (Å²) < 4.78 is 149. The Labute approximate surface area is 485 Å². The van der Waals surface area contributed by atoms with Crippen LogP contribution in [0.4, 0.5) is 0 Å². The number of aromatic nitrogens is 5. The van der Waals surface area contributed by atoms with E-state index < -0.39 is 72.8 Å². The first-order chi connectivity index (χ1) is 43.0. The molecule has 6 nitrogen and oxygen atoms in total. The van der Waals surface area contributed by atoms with Crippen molar-refractivity contribution in [2.45, 2.75) is 65.7 Å². The molecule has 7 heteroatoms. The number of imidazole rings is 1. The summed E-state index contributed by atoms with van der Waals surface area (Å²) in [7, 11) is 0. The van der Waals surface area contributed by atoms with Crippen LogP contribution in [0.3, 0.4) is 0 Å². The molecule has 0 radical (unpaired) electrons. The normalized spacial score (nSPS) is 15.0. The van der Waals surface area contributed by atoms with Gasteiger partial charge >= 0.3 is 0 Å². The van der Waals surface area contributed by atoms with E-state index in [4.69, 9.17) is 22.1 Å². The molecule has 0 saturated carbocycles. The molecule has 0 aliphatic carbocycles. The minimum absolute atomic E-state index is 0. The Morgan fingerprint density at radius 3 is 1.92 bits per heavy atom. The molecule has 4 aromatic heterocycles. The summed E-state index contributed by atoms with van der Waals surface area (Å²) in [6.07, 6.45) is 3.31. The number of para-hydroxylation sites is 6. The van der Waals surface area contributed by atoms with Gasteiger partial charge in [0.2, 0.25) is 0 Å². The van der Waals surface area contributed by atoms with Crippen LogP contribution in [-0.2, 0) is 38.3 Å². The smallest absolute Gasteiger partial charge is 0.268 e. The SMILES string of the molecule is [2H]c1c([2H])c([2H])c(-c2cccc(-c3cc(C(C)(C)C)cc(C(C)(C)C)c3)c2-[n+]2[c-]n(-c3[c-]c(Oc4[c-]c5c(c(-n6c7c([2H])c([2H])c([2H])c([2H])c7c7c([2H])c([2H])c([2H])c([2H])c76)c4)c4ccccc4n5-c4cc(C([2H])([2H])C)ccn4)ccc3)c3ccccc32)c([2H])c1[2H].[Pt]. The minimum atomic E-state index is -1.79. The standard InChI is InChI=1S/C70H57N5O.Pt/c1-8-46-36-37-71-66(38-46)75-61-33-17-14-28-58(61)67-64(74-59-31-15-12-26-56(59)57-27-13-16-32-60(57)74)43-53(44-65(67)75)76-52-25-20-24-51(42-52)72-45-73(63-35-19-18-34-62(63)72)68-54(47-22-10-9-11-23-47)29-21-30-55(68)48-39-49(69(2,3)4)41-50(40-48)70(5,6)7;/h9-41,43H,8H2,1-7H3;/q-2;/i8D2,9D,10D,11D,12D,13D,15D,16D,22D,23D,26D,27D,31D,32D;. The second-order valence-corrected chi connectivity index (χ2v) is 20.8. The topological polar surface area (TPSA) is 40.8 Å². The van der Waals surface area contributed by atoms with E-state index in [1.807, 2.05) is 71.3 Å². The molecule has 4 heterocycles. The summed E-state index contributed by atoms with van der Waals surface area (Å²) in [6, 6.07) is 37.3. The predicted molar refractivity (Wildman–Crippen MR) is 312 cm³/mol. The van der Waals surface area contributed by atoms with Gasteiger partial charge in [-0.2, -0.15) is 12.1 Å². The summed E-state index contributed by atoms with van der Waals surface area (Å²) >= 11 is 0. The Bertz CT molecular complexity index is 5150. The largest absolute Gasteiger partial charge is 0.510 e. The molecule has 0 aliphatic heterocycles. The molecule has 380 valence electrons. The van der Waals surface area contributed by atoms with Crippen LogP contribution in [0.15, 0.2) is 206 Å². The first-order valence-corrected chi connectivity index (χ1v) is 25.0. The van der Waals surface area contributed by atoms with Crippen molar-refractivity contribution < 1.29 is 50.9 Å². The van der Waals surface area contributed by atoms with E-state index in [0.717, 1.165) is 16.7 Å². The van der Waals surface area contributed by atoms with Gasteiger partial charge in [0.15, 0.2) is 0 Å². The number of nitrogens with zero attached hydrogens (tertiary/aromatic N) is 5. The summed E-state index contributed by atoms with van der Waals surface area (Å²) in [5, 5.41) is 0.768. The van der Waals surface area contributed by atoms with Crippen molar-refractivity contribution in [2.24, 2.45) is 0 Å². The zero-order chi connectivity index (χ0) is 65.0. The van der Waals surface area contributed by atoms with Gasteiger partial charge in [-0.1, -0.05) is 205 Å². The molecule has 0 aliphatic rings. The Morgan fingerprint density at radius 1 is 0.584 bits per heavy atom.